The summed E-state index contributed by atoms with van der Waals surface area (Å²) in [5.41, 5.74) is 3.01. The average Bonchev–Trinajstić information content (AvgIpc) is 2.49. The molecule has 0 radical (unpaired) electrons. The molecule has 0 spiro atoms. The number of carbonyl (C=O) groups excluding carboxylic acids is 2. The molecule has 2 aliphatic rings. The van der Waals surface area contributed by atoms with Crippen LogP contribution in [0.1, 0.15) is 24.0 Å². The zero-order valence-electron chi connectivity index (χ0n) is 11.5. The van der Waals surface area contributed by atoms with Gasteiger partial charge < -0.3 is 4.90 Å². The van der Waals surface area contributed by atoms with Crippen molar-refractivity contribution in [2.24, 2.45) is 5.10 Å². The highest BCUT2D eigenvalue weighted by Gasteiger charge is 2.27. The smallest absolute Gasteiger partial charge is 0.270 e. The van der Waals surface area contributed by atoms with Crippen LogP contribution in [0.3, 0.4) is 0 Å². The Hall–Kier alpha value is -2.17. The molecule has 0 fully saturated rings. The molecule has 0 aromatic heterocycles. The lowest BCUT2D eigenvalue weighted by molar-refractivity contribution is -0.130. The summed E-state index contributed by atoms with van der Waals surface area (Å²) >= 11 is 0. The molecule has 0 aliphatic carbocycles. The number of hydrogen-bond donors (Lipinski definition) is 0. The van der Waals surface area contributed by atoms with Gasteiger partial charge in [-0.15, -0.1) is 0 Å². The fraction of sp³-hybridized carbons (Fsp3) is 0.400. The van der Waals surface area contributed by atoms with E-state index in [1.165, 1.54) is 16.1 Å². The second kappa shape index (κ2) is 5.07. The largest absolute Gasteiger partial charge is 0.333 e. The van der Waals surface area contributed by atoms with E-state index in [1.807, 2.05) is 17.0 Å². The van der Waals surface area contributed by atoms with Gasteiger partial charge in [0.15, 0.2) is 0 Å². The molecule has 20 heavy (non-hydrogen) atoms. The van der Waals surface area contributed by atoms with Crippen molar-refractivity contribution in [3.05, 3.63) is 35.4 Å². The second-order valence-electron chi connectivity index (χ2n) is 5.21. The topological polar surface area (TPSA) is 53.0 Å². The molecular weight excluding hydrogens is 254 g/mol. The number of amides is 2. The standard InChI is InChI=1S/C15H17N3O2/c1-17-14(19)7-6-13(16-17)15(20)18-9-8-11-4-2-3-5-12(11)10-18/h2-5H,6-10H2,1H3. The SMILES string of the molecule is CN1N=C(C(=O)N2CCc3ccccc3C2)CCC1=O. The van der Waals surface area contributed by atoms with Crippen molar-refractivity contribution >= 4 is 17.5 Å². The van der Waals surface area contributed by atoms with E-state index < -0.39 is 0 Å². The first-order valence-electron chi connectivity index (χ1n) is 6.85. The van der Waals surface area contributed by atoms with E-state index >= 15 is 0 Å². The number of fused-ring (bicyclic) bond motifs is 1. The van der Waals surface area contributed by atoms with Gasteiger partial charge in [0.05, 0.1) is 0 Å². The van der Waals surface area contributed by atoms with Crippen molar-refractivity contribution < 1.29 is 9.59 Å². The zero-order valence-corrected chi connectivity index (χ0v) is 11.5. The van der Waals surface area contributed by atoms with Gasteiger partial charge in [-0.25, -0.2) is 5.01 Å². The lowest BCUT2D eigenvalue weighted by atomic mass is 9.99. The molecule has 3 rings (SSSR count). The van der Waals surface area contributed by atoms with Crippen molar-refractivity contribution in [3.63, 3.8) is 0 Å². The molecule has 2 heterocycles. The molecule has 0 saturated carbocycles. The Balaban J connectivity index is 1.77. The maximum absolute atomic E-state index is 12.5. The van der Waals surface area contributed by atoms with Crippen molar-refractivity contribution in [2.45, 2.75) is 25.8 Å². The Kier molecular flexibility index (Phi) is 3.26. The molecule has 1 aromatic carbocycles. The van der Waals surface area contributed by atoms with Gasteiger partial charge in [0.2, 0.25) is 5.91 Å². The van der Waals surface area contributed by atoms with Gasteiger partial charge in [0.1, 0.15) is 5.71 Å². The van der Waals surface area contributed by atoms with E-state index in [9.17, 15) is 9.59 Å². The highest BCUT2D eigenvalue weighted by Crippen LogP contribution is 2.20. The molecule has 2 amide bonds. The summed E-state index contributed by atoms with van der Waals surface area (Å²) in [6.45, 7) is 1.35. The second-order valence-corrected chi connectivity index (χ2v) is 5.21. The fourth-order valence-electron chi connectivity index (χ4n) is 2.68. The molecular formula is C15H17N3O2. The molecule has 5 heteroatoms. The average molecular weight is 271 g/mol. The van der Waals surface area contributed by atoms with E-state index in [0.717, 1.165) is 6.42 Å². The Morgan fingerprint density at radius 3 is 2.65 bits per heavy atom. The molecule has 0 saturated heterocycles. The van der Waals surface area contributed by atoms with Gasteiger partial charge in [-0.05, 0) is 17.5 Å². The number of hydrazone groups is 1. The Morgan fingerprint density at radius 2 is 1.90 bits per heavy atom. The van der Waals surface area contributed by atoms with Crippen LogP contribution in [0.4, 0.5) is 0 Å². The predicted octanol–water partition coefficient (Wildman–Crippen LogP) is 1.18. The fourth-order valence-corrected chi connectivity index (χ4v) is 2.68. The van der Waals surface area contributed by atoms with Gasteiger partial charge in [0, 0.05) is 33.0 Å². The first-order valence-corrected chi connectivity index (χ1v) is 6.85. The summed E-state index contributed by atoms with van der Waals surface area (Å²) < 4.78 is 0. The quantitative estimate of drug-likeness (QED) is 0.770. The van der Waals surface area contributed by atoms with Crippen LogP contribution in [-0.4, -0.2) is 41.0 Å². The Morgan fingerprint density at radius 1 is 1.15 bits per heavy atom. The molecule has 0 bridgehead atoms. The predicted molar refractivity (Wildman–Crippen MR) is 75.0 cm³/mol. The van der Waals surface area contributed by atoms with Gasteiger partial charge in [-0.1, -0.05) is 24.3 Å². The number of rotatable bonds is 1. The number of carbonyl (C=O) groups is 2. The first-order chi connectivity index (χ1) is 9.65. The zero-order chi connectivity index (χ0) is 14.1. The minimum atomic E-state index is -0.0427. The van der Waals surface area contributed by atoms with Crippen LogP contribution in [0.5, 0.6) is 0 Å². The minimum absolute atomic E-state index is 0.0365. The van der Waals surface area contributed by atoms with Crippen molar-refractivity contribution in [1.29, 1.82) is 0 Å². The van der Waals surface area contributed by atoms with Gasteiger partial charge in [-0.2, -0.15) is 5.10 Å². The van der Waals surface area contributed by atoms with E-state index in [2.05, 4.69) is 17.2 Å². The van der Waals surface area contributed by atoms with Gasteiger partial charge >= 0.3 is 0 Å². The summed E-state index contributed by atoms with van der Waals surface area (Å²) in [6, 6.07) is 8.20. The van der Waals surface area contributed by atoms with Crippen LogP contribution in [0.15, 0.2) is 29.4 Å². The Labute approximate surface area is 117 Å². The lowest BCUT2D eigenvalue weighted by Gasteiger charge is -2.30. The summed E-state index contributed by atoms with van der Waals surface area (Å²) in [4.78, 5) is 25.7. The van der Waals surface area contributed by atoms with Crippen LogP contribution in [0.2, 0.25) is 0 Å². The summed E-state index contributed by atoms with van der Waals surface area (Å²) in [6.07, 6.45) is 1.69. The molecule has 2 aliphatic heterocycles. The third-order valence-electron chi connectivity index (χ3n) is 3.87. The molecule has 5 nitrogen and oxygen atoms in total. The first kappa shape index (κ1) is 12.8. The molecule has 0 N–H and O–H groups in total. The van der Waals surface area contributed by atoms with E-state index in [-0.39, 0.29) is 11.8 Å². The van der Waals surface area contributed by atoms with Crippen LogP contribution in [0.25, 0.3) is 0 Å². The maximum atomic E-state index is 12.5. The van der Waals surface area contributed by atoms with E-state index in [4.69, 9.17) is 0 Å². The number of hydrogen-bond acceptors (Lipinski definition) is 3. The third kappa shape index (κ3) is 2.31. The van der Waals surface area contributed by atoms with Crippen molar-refractivity contribution in [1.82, 2.24) is 9.91 Å². The van der Waals surface area contributed by atoms with Crippen molar-refractivity contribution in [3.8, 4) is 0 Å². The minimum Gasteiger partial charge on any atom is -0.333 e. The van der Waals surface area contributed by atoms with Crippen LogP contribution >= 0.6 is 0 Å². The highest BCUT2D eigenvalue weighted by atomic mass is 16.2. The number of benzene rings is 1. The molecule has 1 aromatic rings. The Bertz CT molecular complexity index is 595. The normalized spacial score (nSPS) is 18.6. The molecule has 0 atom stereocenters. The van der Waals surface area contributed by atoms with Crippen LogP contribution in [-0.2, 0) is 22.6 Å². The molecule has 104 valence electrons. The summed E-state index contributed by atoms with van der Waals surface area (Å²) in [5.74, 6) is -0.0793. The van der Waals surface area contributed by atoms with Gasteiger partial charge in [0.25, 0.3) is 5.91 Å². The summed E-state index contributed by atoms with van der Waals surface area (Å²) in [5, 5.41) is 5.38. The summed E-state index contributed by atoms with van der Waals surface area (Å²) in [7, 11) is 1.60. The highest BCUT2D eigenvalue weighted by molar-refractivity contribution is 6.39. The van der Waals surface area contributed by atoms with Crippen LogP contribution < -0.4 is 0 Å². The lowest BCUT2D eigenvalue weighted by Crippen LogP contribution is -2.42. The van der Waals surface area contributed by atoms with E-state index in [0.29, 0.717) is 31.6 Å². The monoisotopic (exact) mass is 271 g/mol. The van der Waals surface area contributed by atoms with Crippen molar-refractivity contribution in [2.75, 3.05) is 13.6 Å². The van der Waals surface area contributed by atoms with Crippen LogP contribution in [0, 0.1) is 0 Å². The molecule has 0 unspecified atom stereocenters. The van der Waals surface area contributed by atoms with Gasteiger partial charge in [-0.3, -0.25) is 9.59 Å². The third-order valence-corrected chi connectivity index (χ3v) is 3.87. The number of nitrogens with zero attached hydrogens (tertiary/aromatic N) is 3. The maximum Gasteiger partial charge on any atom is 0.270 e. The van der Waals surface area contributed by atoms with E-state index in [1.54, 1.807) is 7.05 Å².